The van der Waals surface area contributed by atoms with Crippen molar-refractivity contribution in [3.63, 3.8) is 0 Å². The number of nitrogens with zero attached hydrogens (tertiary/aromatic N) is 1. The molecule has 0 bridgehead atoms. The minimum absolute atomic E-state index is 0.0469. The number of Topliss-reactive ketones (excluding diaryl/α,β-unsaturated/α-hetero) is 1. The summed E-state index contributed by atoms with van der Waals surface area (Å²) in [4.78, 5) is 27.8. The molecular formula is C20H20N2O5. The first-order valence-electron chi connectivity index (χ1n) is 8.23. The second-order valence-electron chi connectivity index (χ2n) is 5.78. The summed E-state index contributed by atoms with van der Waals surface area (Å²) in [5, 5.41) is 19.1. The monoisotopic (exact) mass is 368 g/mol. The molecule has 0 saturated heterocycles. The number of aromatic nitrogens is 1. The summed E-state index contributed by atoms with van der Waals surface area (Å²) in [6, 6.07) is 6.36. The highest BCUT2D eigenvalue weighted by atomic mass is 16.5. The summed E-state index contributed by atoms with van der Waals surface area (Å²) in [5.74, 6) is -0.881. The zero-order chi connectivity index (χ0) is 20.1. The maximum Gasteiger partial charge on any atom is 0.340 e. The first-order valence-corrected chi connectivity index (χ1v) is 8.23. The van der Waals surface area contributed by atoms with Crippen molar-refractivity contribution in [2.24, 2.45) is 0 Å². The number of aromatic hydroxyl groups is 1. The SMILES string of the molecule is CCOC(=O)c1c(C)[nH]c(C(=O)/C(C#N)=C\c2ccc(O)c(OC)c2)c1C. The Hall–Kier alpha value is -3.53. The van der Waals surface area contributed by atoms with Crippen molar-refractivity contribution < 1.29 is 24.2 Å². The quantitative estimate of drug-likeness (QED) is 0.350. The van der Waals surface area contributed by atoms with Gasteiger partial charge in [0.15, 0.2) is 11.5 Å². The number of nitriles is 1. The van der Waals surface area contributed by atoms with Crippen LogP contribution in [0.1, 0.15) is 44.6 Å². The molecule has 140 valence electrons. The minimum atomic E-state index is -0.541. The Morgan fingerprint density at radius 3 is 2.63 bits per heavy atom. The molecule has 7 nitrogen and oxygen atoms in total. The Labute approximate surface area is 156 Å². The van der Waals surface area contributed by atoms with Crippen LogP contribution in [0.25, 0.3) is 6.08 Å². The third-order valence-corrected chi connectivity index (χ3v) is 4.02. The van der Waals surface area contributed by atoms with Crippen LogP contribution in [0.4, 0.5) is 0 Å². The van der Waals surface area contributed by atoms with Crippen LogP contribution < -0.4 is 4.74 Å². The summed E-state index contributed by atoms with van der Waals surface area (Å²) in [7, 11) is 1.40. The van der Waals surface area contributed by atoms with Crippen LogP contribution in [0.3, 0.4) is 0 Å². The summed E-state index contributed by atoms with van der Waals surface area (Å²) >= 11 is 0. The molecule has 0 aliphatic heterocycles. The largest absolute Gasteiger partial charge is 0.504 e. The topological polar surface area (TPSA) is 112 Å². The Morgan fingerprint density at radius 1 is 1.33 bits per heavy atom. The van der Waals surface area contributed by atoms with E-state index in [2.05, 4.69) is 4.98 Å². The summed E-state index contributed by atoms with van der Waals surface area (Å²) in [6.45, 7) is 5.21. The van der Waals surface area contributed by atoms with Crippen LogP contribution in [0.15, 0.2) is 23.8 Å². The van der Waals surface area contributed by atoms with E-state index in [4.69, 9.17) is 9.47 Å². The zero-order valence-corrected chi connectivity index (χ0v) is 15.5. The molecule has 2 aromatic rings. The summed E-state index contributed by atoms with van der Waals surface area (Å²) in [5.41, 5.74) is 1.78. The maximum atomic E-state index is 12.8. The van der Waals surface area contributed by atoms with E-state index in [1.54, 1.807) is 26.8 Å². The molecule has 0 radical (unpaired) electrons. The zero-order valence-electron chi connectivity index (χ0n) is 15.5. The number of phenolic OH excluding ortho intramolecular Hbond substituents is 1. The first kappa shape index (κ1) is 19.8. The number of ether oxygens (including phenoxy) is 2. The second-order valence-corrected chi connectivity index (χ2v) is 5.78. The second kappa shape index (κ2) is 8.23. The van der Waals surface area contributed by atoms with Gasteiger partial charge in [0.25, 0.3) is 0 Å². The molecule has 0 aliphatic carbocycles. The number of benzene rings is 1. The van der Waals surface area contributed by atoms with Gasteiger partial charge in [-0.05, 0) is 50.1 Å². The van der Waals surface area contributed by atoms with Crippen molar-refractivity contribution in [1.29, 1.82) is 5.26 Å². The molecule has 2 N–H and O–H groups in total. The van der Waals surface area contributed by atoms with Crippen molar-refractivity contribution in [1.82, 2.24) is 4.98 Å². The number of hydrogen-bond acceptors (Lipinski definition) is 6. The molecule has 0 saturated carbocycles. The minimum Gasteiger partial charge on any atom is -0.504 e. The number of rotatable bonds is 6. The lowest BCUT2D eigenvalue weighted by atomic mass is 10.0. The van der Waals surface area contributed by atoms with E-state index in [0.29, 0.717) is 22.4 Å². The number of hydrogen-bond donors (Lipinski definition) is 2. The molecular weight excluding hydrogens is 348 g/mol. The van der Waals surface area contributed by atoms with Gasteiger partial charge < -0.3 is 19.6 Å². The molecule has 0 aliphatic rings. The van der Waals surface area contributed by atoms with E-state index in [1.165, 1.54) is 25.3 Å². The molecule has 0 unspecified atom stereocenters. The molecule has 0 amide bonds. The van der Waals surface area contributed by atoms with Gasteiger partial charge in [-0.3, -0.25) is 4.79 Å². The normalized spacial score (nSPS) is 11.0. The third-order valence-electron chi connectivity index (χ3n) is 4.02. The molecule has 1 aromatic heterocycles. The molecule has 1 heterocycles. The van der Waals surface area contributed by atoms with E-state index < -0.39 is 11.8 Å². The van der Waals surface area contributed by atoms with E-state index >= 15 is 0 Å². The van der Waals surface area contributed by atoms with Gasteiger partial charge in [0, 0.05) is 5.69 Å². The number of nitrogens with one attached hydrogen (secondary N) is 1. The van der Waals surface area contributed by atoms with Gasteiger partial charge in [-0.2, -0.15) is 5.26 Å². The van der Waals surface area contributed by atoms with Crippen molar-refractivity contribution in [2.45, 2.75) is 20.8 Å². The van der Waals surface area contributed by atoms with E-state index in [-0.39, 0.29) is 29.4 Å². The highest BCUT2D eigenvalue weighted by molar-refractivity contribution is 6.15. The van der Waals surface area contributed by atoms with Gasteiger partial charge in [-0.1, -0.05) is 6.07 Å². The van der Waals surface area contributed by atoms with Crippen molar-refractivity contribution in [3.8, 4) is 17.6 Å². The van der Waals surface area contributed by atoms with E-state index in [0.717, 1.165) is 0 Å². The predicted molar refractivity (Wildman–Crippen MR) is 98.8 cm³/mol. The maximum absolute atomic E-state index is 12.8. The van der Waals surface area contributed by atoms with Gasteiger partial charge in [-0.15, -0.1) is 0 Å². The van der Waals surface area contributed by atoms with Crippen molar-refractivity contribution >= 4 is 17.8 Å². The average Bonchev–Trinajstić information content (AvgIpc) is 2.94. The number of carbonyl (C=O) groups is 2. The van der Waals surface area contributed by atoms with Crippen molar-refractivity contribution in [3.05, 3.63) is 51.9 Å². The standard InChI is InChI=1S/C20H20N2O5/c1-5-27-20(25)17-11(2)18(22-12(17)3)19(24)14(10-21)8-13-6-7-15(23)16(9-13)26-4/h6-9,22-23H,5H2,1-4H3/b14-8-. The lowest BCUT2D eigenvalue weighted by Crippen LogP contribution is -2.08. The third kappa shape index (κ3) is 4.01. The van der Waals surface area contributed by atoms with Gasteiger partial charge in [0.2, 0.25) is 5.78 Å². The van der Waals surface area contributed by atoms with Gasteiger partial charge in [0.1, 0.15) is 11.6 Å². The number of allylic oxidation sites excluding steroid dienone is 1. The molecule has 1 aromatic carbocycles. The van der Waals surface area contributed by atoms with Crippen LogP contribution in [0.5, 0.6) is 11.5 Å². The van der Waals surface area contributed by atoms with Gasteiger partial charge in [0.05, 0.1) is 25.0 Å². The van der Waals surface area contributed by atoms with Crippen LogP contribution in [-0.2, 0) is 4.74 Å². The highest BCUT2D eigenvalue weighted by Crippen LogP contribution is 2.28. The molecule has 0 atom stereocenters. The fourth-order valence-electron chi connectivity index (χ4n) is 2.72. The predicted octanol–water partition coefficient (Wildman–Crippen LogP) is 3.31. The Morgan fingerprint density at radius 2 is 2.04 bits per heavy atom. The first-order chi connectivity index (χ1) is 12.8. The van der Waals surface area contributed by atoms with Gasteiger partial charge in [-0.25, -0.2) is 4.79 Å². The molecule has 0 spiro atoms. The van der Waals surface area contributed by atoms with Crippen molar-refractivity contribution in [2.75, 3.05) is 13.7 Å². The number of aryl methyl sites for hydroxylation is 1. The fourth-order valence-corrected chi connectivity index (χ4v) is 2.72. The summed E-state index contributed by atoms with van der Waals surface area (Å²) in [6.07, 6.45) is 1.39. The van der Waals surface area contributed by atoms with Gasteiger partial charge >= 0.3 is 5.97 Å². The number of ketones is 1. The Balaban J connectivity index is 2.45. The lowest BCUT2D eigenvalue weighted by Gasteiger charge is -2.05. The van der Waals surface area contributed by atoms with Crippen LogP contribution in [-0.4, -0.2) is 35.6 Å². The van der Waals surface area contributed by atoms with Crippen LogP contribution in [0.2, 0.25) is 0 Å². The fraction of sp³-hybridized carbons (Fsp3) is 0.250. The van der Waals surface area contributed by atoms with E-state index in [9.17, 15) is 20.0 Å². The number of H-pyrrole nitrogens is 1. The molecule has 0 fully saturated rings. The number of carbonyl (C=O) groups excluding carboxylic acids is 2. The van der Waals surface area contributed by atoms with E-state index in [1.807, 2.05) is 6.07 Å². The smallest absolute Gasteiger partial charge is 0.340 e. The average molecular weight is 368 g/mol. The lowest BCUT2D eigenvalue weighted by molar-refractivity contribution is 0.0525. The Bertz CT molecular complexity index is 963. The van der Waals surface area contributed by atoms with Crippen LogP contribution in [0, 0.1) is 25.2 Å². The molecule has 2 rings (SSSR count). The Kier molecular flexibility index (Phi) is 6.03. The highest BCUT2D eigenvalue weighted by Gasteiger charge is 2.24. The summed E-state index contributed by atoms with van der Waals surface area (Å²) < 4.78 is 10.0. The number of methoxy groups -OCH3 is 1. The number of phenols is 1. The number of aromatic amines is 1. The molecule has 7 heteroatoms. The molecule has 27 heavy (non-hydrogen) atoms. The number of esters is 1. The van der Waals surface area contributed by atoms with Crippen LogP contribution >= 0.6 is 0 Å².